The first-order valence-corrected chi connectivity index (χ1v) is 7.82. The van der Waals surface area contributed by atoms with Gasteiger partial charge in [0.05, 0.1) is 6.61 Å². The number of amides is 2. The number of hydrogen-bond donors (Lipinski definition) is 0. The van der Waals surface area contributed by atoms with Crippen LogP contribution in [0, 0.1) is 0 Å². The van der Waals surface area contributed by atoms with Crippen LogP contribution >= 0.6 is 0 Å². The predicted octanol–water partition coefficient (Wildman–Crippen LogP) is 2.87. The molecule has 0 saturated heterocycles. The lowest BCUT2D eigenvalue weighted by molar-refractivity contribution is 0.0361. The third-order valence-corrected chi connectivity index (χ3v) is 2.43. The molecule has 0 atom stereocenters. The molecule has 1 aromatic rings. The first-order valence-electron chi connectivity index (χ1n) is 7.82. The molecule has 25 heavy (non-hydrogen) atoms. The Balaban J connectivity index is 3.28. The van der Waals surface area contributed by atoms with Gasteiger partial charge in [-0.25, -0.2) is 24.0 Å². The van der Waals surface area contributed by atoms with Crippen molar-refractivity contribution in [3.8, 4) is 0 Å². The van der Waals surface area contributed by atoms with Gasteiger partial charge in [-0.05, 0) is 48.5 Å². The molecule has 1 heterocycles. The number of hydrogen-bond acceptors (Lipinski definition) is 7. The van der Waals surface area contributed by atoms with Crippen molar-refractivity contribution in [1.29, 1.82) is 0 Å². The van der Waals surface area contributed by atoms with Crippen molar-refractivity contribution in [2.24, 2.45) is 0 Å². The maximum Gasteiger partial charge on any atom is 0.439 e. The van der Waals surface area contributed by atoms with E-state index in [9.17, 15) is 14.4 Å². The van der Waals surface area contributed by atoms with Crippen LogP contribution in [0.15, 0.2) is 12.4 Å². The van der Waals surface area contributed by atoms with Crippen molar-refractivity contribution in [1.82, 2.24) is 9.66 Å². The summed E-state index contributed by atoms with van der Waals surface area (Å²) in [5.74, 6) is -1.04. The minimum atomic E-state index is -1.01. The number of esters is 1. The number of carbonyl (C=O) groups is 3. The van der Waals surface area contributed by atoms with Gasteiger partial charge in [-0.1, -0.05) is 0 Å². The number of nitrogens with zero attached hydrogens (tertiary/aromatic N) is 3. The lowest BCUT2D eigenvalue weighted by Gasteiger charge is -2.29. The number of rotatable bonds is 3. The fourth-order valence-corrected chi connectivity index (χ4v) is 1.66. The zero-order valence-corrected chi connectivity index (χ0v) is 15.7. The molecule has 0 aliphatic carbocycles. The Hall–Kier alpha value is -2.58. The van der Waals surface area contributed by atoms with Crippen LogP contribution < -0.4 is 5.01 Å². The van der Waals surface area contributed by atoms with Gasteiger partial charge in [-0.3, -0.25) is 0 Å². The summed E-state index contributed by atoms with van der Waals surface area (Å²) in [7, 11) is 0. The minimum absolute atomic E-state index is 0.116. The van der Waals surface area contributed by atoms with Gasteiger partial charge in [-0.15, -0.1) is 5.01 Å². The number of aromatic nitrogens is 2. The van der Waals surface area contributed by atoms with Crippen LogP contribution in [0.4, 0.5) is 9.59 Å². The molecule has 0 N–H and O–H groups in total. The quantitative estimate of drug-likeness (QED) is 0.607. The number of carbonyl (C=O) groups excluding carboxylic acids is 3. The summed E-state index contributed by atoms with van der Waals surface area (Å²) < 4.78 is 16.3. The van der Waals surface area contributed by atoms with Crippen molar-refractivity contribution in [2.75, 3.05) is 11.6 Å². The highest BCUT2D eigenvalue weighted by Crippen LogP contribution is 2.15. The van der Waals surface area contributed by atoms with E-state index in [-0.39, 0.29) is 12.4 Å². The van der Waals surface area contributed by atoms with Crippen molar-refractivity contribution >= 4 is 18.2 Å². The molecule has 0 unspecified atom stereocenters. The van der Waals surface area contributed by atoms with Crippen molar-refractivity contribution in [3.05, 3.63) is 18.2 Å². The molecule has 0 bridgehead atoms. The van der Waals surface area contributed by atoms with E-state index in [0.717, 1.165) is 4.68 Å². The van der Waals surface area contributed by atoms with Crippen LogP contribution in [0.2, 0.25) is 0 Å². The number of imidazole rings is 1. The van der Waals surface area contributed by atoms with Gasteiger partial charge >= 0.3 is 18.2 Å². The van der Waals surface area contributed by atoms with E-state index in [2.05, 4.69) is 4.98 Å². The van der Waals surface area contributed by atoms with E-state index in [1.165, 1.54) is 12.4 Å². The zero-order valence-electron chi connectivity index (χ0n) is 15.7. The molecule has 1 rings (SSSR count). The number of imide groups is 1. The van der Waals surface area contributed by atoms with Crippen molar-refractivity contribution in [3.63, 3.8) is 0 Å². The van der Waals surface area contributed by atoms with Crippen LogP contribution in [0.3, 0.4) is 0 Å². The van der Waals surface area contributed by atoms with E-state index < -0.39 is 29.4 Å². The van der Waals surface area contributed by atoms with Crippen LogP contribution in [0.25, 0.3) is 0 Å². The van der Waals surface area contributed by atoms with Crippen LogP contribution in [-0.4, -0.2) is 45.6 Å². The largest absolute Gasteiger partial charge is 0.460 e. The molecule has 0 aliphatic rings. The van der Waals surface area contributed by atoms with Gasteiger partial charge in [0, 0.05) is 12.4 Å². The molecule has 0 radical (unpaired) electrons. The summed E-state index contributed by atoms with van der Waals surface area (Å²) in [6, 6.07) is 0. The van der Waals surface area contributed by atoms with Gasteiger partial charge in [0.15, 0.2) is 0 Å². The van der Waals surface area contributed by atoms with Crippen LogP contribution in [0.5, 0.6) is 0 Å². The van der Waals surface area contributed by atoms with E-state index in [4.69, 9.17) is 14.2 Å². The Bertz CT molecular complexity index is 611. The maximum atomic E-state index is 12.5. The van der Waals surface area contributed by atoms with Crippen LogP contribution in [-0.2, 0) is 14.2 Å². The highest BCUT2D eigenvalue weighted by atomic mass is 16.6. The third-order valence-electron chi connectivity index (χ3n) is 2.43. The van der Waals surface area contributed by atoms with E-state index in [0.29, 0.717) is 5.01 Å². The lowest BCUT2D eigenvalue weighted by Crippen LogP contribution is -2.50. The standard InChI is InChI=1S/C16H25N3O6/c1-8-23-12(20)11-17-9-10-18(11)19(13(21)24-15(2,3)4)14(22)25-16(5,6)7/h9-10H,8H2,1-7H3. The molecule has 1 aromatic heterocycles. The zero-order chi connectivity index (χ0) is 19.4. The van der Waals surface area contributed by atoms with Crippen molar-refractivity contribution < 1.29 is 28.6 Å². The molecule has 0 fully saturated rings. The summed E-state index contributed by atoms with van der Waals surface area (Å²) in [6.45, 7) is 11.7. The Morgan fingerprint density at radius 2 is 1.52 bits per heavy atom. The average molecular weight is 355 g/mol. The highest BCUT2D eigenvalue weighted by molar-refractivity contribution is 6.03. The maximum absolute atomic E-state index is 12.5. The van der Waals surface area contributed by atoms with E-state index in [1.807, 2.05) is 0 Å². The Kier molecular flexibility index (Phi) is 6.17. The molecular formula is C16H25N3O6. The fourth-order valence-electron chi connectivity index (χ4n) is 1.66. The van der Waals surface area contributed by atoms with E-state index in [1.54, 1.807) is 48.5 Å². The summed E-state index contributed by atoms with van der Waals surface area (Å²) >= 11 is 0. The highest BCUT2D eigenvalue weighted by Gasteiger charge is 2.35. The Labute approximate surface area is 146 Å². The first kappa shape index (κ1) is 20.5. The average Bonchev–Trinajstić information content (AvgIpc) is 2.83. The monoisotopic (exact) mass is 355 g/mol. The SMILES string of the molecule is CCOC(=O)c1nccn1N(C(=O)OC(C)(C)C)C(=O)OC(C)(C)C. The van der Waals surface area contributed by atoms with Crippen LogP contribution in [0.1, 0.15) is 59.1 Å². The van der Waals surface area contributed by atoms with Gasteiger partial charge in [0.2, 0.25) is 5.82 Å². The summed E-state index contributed by atoms with van der Waals surface area (Å²) in [5.41, 5.74) is -1.72. The fraction of sp³-hybridized carbons (Fsp3) is 0.625. The number of ether oxygens (including phenoxy) is 3. The lowest BCUT2D eigenvalue weighted by atomic mass is 10.2. The molecule has 140 valence electrons. The molecule has 9 heteroatoms. The first-order chi connectivity index (χ1) is 11.4. The molecular weight excluding hydrogens is 330 g/mol. The second-order valence-corrected chi connectivity index (χ2v) is 7.09. The smallest absolute Gasteiger partial charge is 0.439 e. The molecule has 0 spiro atoms. The van der Waals surface area contributed by atoms with E-state index >= 15 is 0 Å². The second-order valence-electron chi connectivity index (χ2n) is 7.09. The summed E-state index contributed by atoms with van der Waals surface area (Å²) in [4.78, 5) is 40.9. The van der Waals surface area contributed by atoms with Gasteiger partial charge < -0.3 is 14.2 Å². The molecule has 9 nitrogen and oxygen atoms in total. The molecule has 2 amide bonds. The molecule has 0 saturated carbocycles. The Morgan fingerprint density at radius 1 is 1.04 bits per heavy atom. The normalized spacial score (nSPS) is 11.6. The summed E-state index contributed by atoms with van der Waals surface area (Å²) in [5, 5.41) is 0.565. The Morgan fingerprint density at radius 3 is 1.92 bits per heavy atom. The summed E-state index contributed by atoms with van der Waals surface area (Å²) in [6.07, 6.45) is 0.504. The van der Waals surface area contributed by atoms with Crippen molar-refractivity contribution in [2.45, 2.75) is 59.7 Å². The van der Waals surface area contributed by atoms with Gasteiger partial charge in [0.1, 0.15) is 11.2 Å². The minimum Gasteiger partial charge on any atom is -0.460 e. The van der Waals surface area contributed by atoms with Gasteiger partial charge in [0.25, 0.3) is 0 Å². The second kappa shape index (κ2) is 7.54. The third kappa shape index (κ3) is 6.09. The topological polar surface area (TPSA) is 100.0 Å². The predicted molar refractivity (Wildman–Crippen MR) is 88.9 cm³/mol. The molecule has 0 aromatic carbocycles. The molecule has 0 aliphatic heterocycles. The van der Waals surface area contributed by atoms with Gasteiger partial charge in [-0.2, -0.15) is 0 Å².